The summed E-state index contributed by atoms with van der Waals surface area (Å²) in [6.07, 6.45) is 1.10. The van der Waals surface area contributed by atoms with Crippen molar-refractivity contribution in [1.29, 1.82) is 0 Å². The van der Waals surface area contributed by atoms with E-state index in [1.807, 2.05) is 6.92 Å². The van der Waals surface area contributed by atoms with E-state index in [2.05, 4.69) is 28.9 Å². The van der Waals surface area contributed by atoms with Crippen molar-refractivity contribution in [3.8, 4) is 0 Å². The van der Waals surface area contributed by atoms with Crippen molar-refractivity contribution in [2.75, 3.05) is 13.1 Å². The fraction of sp³-hybridized carbons (Fsp3) is 0.818. The van der Waals surface area contributed by atoms with Crippen molar-refractivity contribution >= 4 is 0 Å². The van der Waals surface area contributed by atoms with Gasteiger partial charge in [-0.25, -0.2) is 0 Å². The topological polar surface area (TPSA) is 68.2 Å². The van der Waals surface area contributed by atoms with Crippen LogP contribution in [0.25, 0.3) is 0 Å². The molecule has 0 amide bonds. The Bertz CT molecular complexity index is 348. The maximum atomic E-state index is 5.71. The number of rotatable bonds is 3. The van der Waals surface area contributed by atoms with E-state index in [1.165, 1.54) is 0 Å². The minimum atomic E-state index is -0.153. The standard InChI is InChI=1S/C11H20N4O/c1-7(2)15-5-4-9(6-15)11-13-10(8(3)12)14-16-11/h7-9H,4-6,12H2,1-3H3. The zero-order valence-corrected chi connectivity index (χ0v) is 10.2. The summed E-state index contributed by atoms with van der Waals surface area (Å²) < 4.78 is 5.27. The molecular formula is C11H20N4O. The molecule has 0 spiro atoms. The highest BCUT2D eigenvalue weighted by Gasteiger charge is 2.29. The number of nitrogens with two attached hydrogens (primary N) is 1. The molecule has 16 heavy (non-hydrogen) atoms. The van der Waals surface area contributed by atoms with Gasteiger partial charge in [0, 0.05) is 12.6 Å². The van der Waals surface area contributed by atoms with Gasteiger partial charge in [-0.1, -0.05) is 5.16 Å². The zero-order chi connectivity index (χ0) is 11.7. The molecule has 1 aliphatic heterocycles. The molecule has 1 aliphatic rings. The van der Waals surface area contributed by atoms with Crippen LogP contribution in [0.1, 0.15) is 50.9 Å². The van der Waals surface area contributed by atoms with Gasteiger partial charge in [-0.15, -0.1) is 0 Å². The first-order valence-electron chi connectivity index (χ1n) is 5.91. The molecule has 2 atom stereocenters. The third kappa shape index (κ3) is 2.25. The molecular weight excluding hydrogens is 204 g/mol. The number of aromatic nitrogens is 2. The Balaban J connectivity index is 2.03. The Kier molecular flexibility index (Phi) is 3.25. The Morgan fingerprint density at radius 2 is 2.19 bits per heavy atom. The molecule has 0 radical (unpaired) electrons. The smallest absolute Gasteiger partial charge is 0.231 e. The summed E-state index contributed by atoms with van der Waals surface area (Å²) in [4.78, 5) is 6.79. The van der Waals surface area contributed by atoms with Crippen molar-refractivity contribution in [3.05, 3.63) is 11.7 Å². The number of likely N-dealkylation sites (tertiary alicyclic amines) is 1. The minimum absolute atomic E-state index is 0.153. The summed E-state index contributed by atoms with van der Waals surface area (Å²) in [5.41, 5.74) is 5.71. The quantitative estimate of drug-likeness (QED) is 0.837. The number of nitrogens with zero attached hydrogens (tertiary/aromatic N) is 3. The molecule has 5 nitrogen and oxygen atoms in total. The van der Waals surface area contributed by atoms with Crippen molar-refractivity contribution in [1.82, 2.24) is 15.0 Å². The van der Waals surface area contributed by atoms with Crippen LogP contribution in [0.5, 0.6) is 0 Å². The third-order valence-corrected chi connectivity index (χ3v) is 3.16. The average molecular weight is 224 g/mol. The van der Waals surface area contributed by atoms with Gasteiger partial charge in [-0.05, 0) is 33.7 Å². The molecule has 0 bridgehead atoms. The van der Waals surface area contributed by atoms with E-state index >= 15 is 0 Å². The summed E-state index contributed by atoms with van der Waals surface area (Å²) in [6, 6.07) is 0.431. The highest BCUT2D eigenvalue weighted by molar-refractivity contribution is 5.00. The van der Waals surface area contributed by atoms with Crippen molar-refractivity contribution in [3.63, 3.8) is 0 Å². The van der Waals surface area contributed by atoms with Crippen LogP contribution in [0.4, 0.5) is 0 Å². The Labute approximate surface area is 96.0 Å². The van der Waals surface area contributed by atoms with Crippen molar-refractivity contribution in [2.24, 2.45) is 5.73 Å². The molecule has 90 valence electrons. The highest BCUT2D eigenvalue weighted by Crippen LogP contribution is 2.27. The minimum Gasteiger partial charge on any atom is -0.339 e. The Morgan fingerprint density at radius 1 is 1.44 bits per heavy atom. The van der Waals surface area contributed by atoms with Crippen molar-refractivity contribution in [2.45, 2.75) is 45.2 Å². The first-order valence-corrected chi connectivity index (χ1v) is 5.91. The third-order valence-electron chi connectivity index (χ3n) is 3.16. The monoisotopic (exact) mass is 224 g/mol. The fourth-order valence-electron chi connectivity index (χ4n) is 2.06. The van der Waals surface area contributed by atoms with Gasteiger partial charge in [0.05, 0.1) is 12.0 Å². The summed E-state index contributed by atoms with van der Waals surface area (Å²) in [5, 5.41) is 3.90. The molecule has 5 heteroatoms. The second-order valence-electron chi connectivity index (χ2n) is 4.85. The largest absolute Gasteiger partial charge is 0.339 e. The maximum Gasteiger partial charge on any atom is 0.231 e. The lowest BCUT2D eigenvalue weighted by atomic mass is 10.1. The summed E-state index contributed by atoms with van der Waals surface area (Å²) in [6.45, 7) is 8.41. The zero-order valence-electron chi connectivity index (χ0n) is 10.2. The van der Waals surface area contributed by atoms with Crippen LogP contribution in [-0.4, -0.2) is 34.2 Å². The second-order valence-corrected chi connectivity index (χ2v) is 4.85. The predicted molar refractivity (Wildman–Crippen MR) is 61.0 cm³/mol. The first kappa shape index (κ1) is 11.5. The molecule has 2 heterocycles. The molecule has 1 saturated heterocycles. The summed E-state index contributed by atoms with van der Waals surface area (Å²) in [7, 11) is 0. The molecule has 2 unspecified atom stereocenters. The lowest BCUT2D eigenvalue weighted by Gasteiger charge is -2.19. The van der Waals surface area contributed by atoms with E-state index in [0.29, 0.717) is 17.8 Å². The van der Waals surface area contributed by atoms with Gasteiger partial charge in [-0.3, -0.25) is 0 Å². The van der Waals surface area contributed by atoms with E-state index in [4.69, 9.17) is 10.3 Å². The van der Waals surface area contributed by atoms with E-state index in [9.17, 15) is 0 Å². The van der Waals surface area contributed by atoms with Gasteiger partial charge in [0.15, 0.2) is 5.82 Å². The van der Waals surface area contributed by atoms with Crippen LogP contribution in [0, 0.1) is 0 Å². The van der Waals surface area contributed by atoms with Gasteiger partial charge in [-0.2, -0.15) is 4.98 Å². The van der Waals surface area contributed by atoms with E-state index in [1.54, 1.807) is 0 Å². The van der Waals surface area contributed by atoms with E-state index < -0.39 is 0 Å². The molecule has 2 N–H and O–H groups in total. The van der Waals surface area contributed by atoms with Gasteiger partial charge in [0.2, 0.25) is 5.89 Å². The molecule has 0 aromatic carbocycles. The molecule has 1 aromatic heterocycles. The highest BCUT2D eigenvalue weighted by atomic mass is 16.5. The summed E-state index contributed by atoms with van der Waals surface area (Å²) >= 11 is 0. The Morgan fingerprint density at radius 3 is 2.69 bits per heavy atom. The second kappa shape index (κ2) is 4.51. The van der Waals surface area contributed by atoms with Crippen LogP contribution >= 0.6 is 0 Å². The molecule has 2 rings (SSSR count). The van der Waals surface area contributed by atoms with Crippen molar-refractivity contribution < 1.29 is 4.52 Å². The molecule has 0 aliphatic carbocycles. The average Bonchev–Trinajstić information content (AvgIpc) is 2.86. The number of hydrogen-bond donors (Lipinski definition) is 1. The van der Waals surface area contributed by atoms with Crippen LogP contribution in [-0.2, 0) is 0 Å². The number of hydrogen-bond acceptors (Lipinski definition) is 5. The Hall–Kier alpha value is -0.940. The predicted octanol–water partition coefficient (Wildman–Crippen LogP) is 1.29. The molecule has 1 fully saturated rings. The van der Waals surface area contributed by atoms with Gasteiger partial charge < -0.3 is 15.2 Å². The maximum absolute atomic E-state index is 5.71. The summed E-state index contributed by atoms with van der Waals surface area (Å²) in [5.74, 6) is 1.73. The first-order chi connectivity index (χ1) is 7.58. The van der Waals surface area contributed by atoms with Crippen LogP contribution in [0.15, 0.2) is 4.52 Å². The normalized spacial score (nSPS) is 24.2. The SMILES string of the molecule is CC(N)c1noc(C2CCN(C(C)C)C2)n1. The lowest BCUT2D eigenvalue weighted by Crippen LogP contribution is -2.27. The van der Waals surface area contributed by atoms with Crippen LogP contribution in [0.2, 0.25) is 0 Å². The molecule has 0 saturated carbocycles. The van der Waals surface area contributed by atoms with E-state index in [-0.39, 0.29) is 6.04 Å². The van der Waals surface area contributed by atoms with E-state index in [0.717, 1.165) is 25.4 Å². The van der Waals surface area contributed by atoms with Gasteiger partial charge in [0.25, 0.3) is 0 Å². The fourth-order valence-corrected chi connectivity index (χ4v) is 2.06. The van der Waals surface area contributed by atoms with Gasteiger partial charge in [0.1, 0.15) is 0 Å². The lowest BCUT2D eigenvalue weighted by molar-refractivity contribution is 0.265. The van der Waals surface area contributed by atoms with Crippen LogP contribution in [0.3, 0.4) is 0 Å². The van der Waals surface area contributed by atoms with Gasteiger partial charge >= 0.3 is 0 Å². The van der Waals surface area contributed by atoms with Crippen LogP contribution < -0.4 is 5.73 Å². The molecule has 1 aromatic rings.